The van der Waals surface area contributed by atoms with Crippen LogP contribution < -0.4 is 0 Å². The average molecular weight is 224 g/mol. The van der Waals surface area contributed by atoms with Crippen molar-refractivity contribution in [1.82, 2.24) is 0 Å². The molecule has 0 spiro atoms. The summed E-state index contributed by atoms with van der Waals surface area (Å²) in [6, 6.07) is 19.6. The molecule has 2 aromatic rings. The fraction of sp³-hybridized carbons (Fsp3) is 0.294. The normalized spacial score (nSPS) is 12.4. The second-order valence-electron chi connectivity index (χ2n) is 4.84. The first-order valence-electron chi connectivity index (χ1n) is 6.36. The van der Waals surface area contributed by atoms with Crippen LogP contribution in [0.1, 0.15) is 36.0 Å². The minimum absolute atomic E-state index is 0.634. The summed E-state index contributed by atoms with van der Waals surface area (Å²) in [6.07, 6.45) is 2.38. The first-order valence-corrected chi connectivity index (χ1v) is 6.36. The molecule has 88 valence electrons. The molecule has 0 heteroatoms. The van der Waals surface area contributed by atoms with Crippen LogP contribution in [0.15, 0.2) is 54.6 Å². The Morgan fingerprint density at radius 2 is 1.71 bits per heavy atom. The molecular weight excluding hydrogens is 204 g/mol. The molecule has 0 saturated carbocycles. The maximum absolute atomic E-state index is 2.32. The average Bonchev–Trinajstić information content (AvgIpc) is 2.37. The lowest BCUT2D eigenvalue weighted by Crippen LogP contribution is -1.96. The number of benzene rings is 2. The minimum Gasteiger partial charge on any atom is -0.0622 e. The molecule has 0 bridgehead atoms. The highest BCUT2D eigenvalue weighted by atomic mass is 14.1. The van der Waals surface area contributed by atoms with Gasteiger partial charge in [0.2, 0.25) is 0 Å². The predicted octanol–water partition coefficient (Wildman–Crippen LogP) is 4.73. The molecule has 0 amide bonds. The van der Waals surface area contributed by atoms with Crippen molar-refractivity contribution in [2.24, 2.45) is 0 Å². The molecule has 2 aromatic carbocycles. The molecule has 0 heterocycles. The van der Waals surface area contributed by atoms with E-state index in [1.165, 1.54) is 23.1 Å². The van der Waals surface area contributed by atoms with E-state index in [0.29, 0.717) is 5.92 Å². The van der Waals surface area contributed by atoms with Gasteiger partial charge in [0.05, 0.1) is 0 Å². The van der Waals surface area contributed by atoms with E-state index in [9.17, 15) is 0 Å². The third kappa shape index (κ3) is 3.45. The largest absolute Gasteiger partial charge is 0.0622 e. The Morgan fingerprint density at radius 3 is 2.41 bits per heavy atom. The minimum atomic E-state index is 0.634. The Balaban J connectivity index is 1.96. The second-order valence-corrected chi connectivity index (χ2v) is 4.84. The van der Waals surface area contributed by atoms with Gasteiger partial charge in [0.15, 0.2) is 0 Å². The van der Waals surface area contributed by atoms with Crippen molar-refractivity contribution in [2.75, 3.05) is 0 Å². The van der Waals surface area contributed by atoms with E-state index in [1.807, 2.05) is 0 Å². The van der Waals surface area contributed by atoms with Gasteiger partial charge in [-0.15, -0.1) is 0 Å². The lowest BCUT2D eigenvalue weighted by Gasteiger charge is -2.12. The van der Waals surface area contributed by atoms with E-state index in [1.54, 1.807) is 0 Å². The van der Waals surface area contributed by atoms with Gasteiger partial charge >= 0.3 is 0 Å². The van der Waals surface area contributed by atoms with Gasteiger partial charge < -0.3 is 0 Å². The fourth-order valence-corrected chi connectivity index (χ4v) is 2.17. The summed E-state index contributed by atoms with van der Waals surface area (Å²) in [4.78, 5) is 0. The van der Waals surface area contributed by atoms with Crippen molar-refractivity contribution >= 4 is 0 Å². The van der Waals surface area contributed by atoms with Crippen molar-refractivity contribution in [3.8, 4) is 0 Å². The van der Waals surface area contributed by atoms with E-state index in [-0.39, 0.29) is 0 Å². The summed E-state index contributed by atoms with van der Waals surface area (Å²) in [5.74, 6) is 0.634. The van der Waals surface area contributed by atoms with Crippen LogP contribution in [0.3, 0.4) is 0 Å². The molecule has 17 heavy (non-hydrogen) atoms. The van der Waals surface area contributed by atoms with Crippen LogP contribution in [0.4, 0.5) is 0 Å². The lowest BCUT2D eigenvalue weighted by atomic mass is 9.93. The fourth-order valence-electron chi connectivity index (χ4n) is 2.17. The van der Waals surface area contributed by atoms with Gasteiger partial charge in [-0.05, 0) is 36.8 Å². The van der Waals surface area contributed by atoms with Gasteiger partial charge in [0.25, 0.3) is 0 Å². The Hall–Kier alpha value is -1.56. The highest BCUT2D eigenvalue weighted by Gasteiger charge is 2.05. The number of rotatable bonds is 4. The van der Waals surface area contributed by atoms with E-state index in [0.717, 1.165) is 6.42 Å². The smallest absolute Gasteiger partial charge is 0.0187 e. The first-order chi connectivity index (χ1) is 8.25. The maximum atomic E-state index is 2.32. The van der Waals surface area contributed by atoms with E-state index >= 15 is 0 Å². The van der Waals surface area contributed by atoms with Crippen LogP contribution in [-0.2, 0) is 6.42 Å². The quantitative estimate of drug-likeness (QED) is 0.704. The Morgan fingerprint density at radius 1 is 0.941 bits per heavy atom. The molecule has 0 unspecified atom stereocenters. The maximum Gasteiger partial charge on any atom is -0.0187 e. The second kappa shape index (κ2) is 5.67. The SMILES string of the molecule is Cc1cccc([C@H](C)CCc2ccccc2)c1. The summed E-state index contributed by atoms with van der Waals surface area (Å²) >= 11 is 0. The molecule has 0 radical (unpaired) electrons. The van der Waals surface area contributed by atoms with Gasteiger partial charge in [0.1, 0.15) is 0 Å². The van der Waals surface area contributed by atoms with E-state index in [4.69, 9.17) is 0 Å². The van der Waals surface area contributed by atoms with E-state index in [2.05, 4.69) is 68.4 Å². The highest BCUT2D eigenvalue weighted by molar-refractivity contribution is 5.25. The van der Waals surface area contributed by atoms with Crippen LogP contribution in [0, 0.1) is 6.92 Å². The van der Waals surface area contributed by atoms with Crippen molar-refractivity contribution in [1.29, 1.82) is 0 Å². The molecule has 0 aromatic heterocycles. The van der Waals surface area contributed by atoms with Crippen LogP contribution in [0.25, 0.3) is 0 Å². The molecular formula is C17H20. The zero-order valence-electron chi connectivity index (χ0n) is 10.7. The number of hydrogen-bond acceptors (Lipinski definition) is 0. The number of aryl methyl sites for hydroxylation is 2. The summed E-state index contributed by atoms with van der Waals surface area (Å²) in [6.45, 7) is 4.48. The van der Waals surface area contributed by atoms with Crippen LogP contribution in [0.2, 0.25) is 0 Å². The van der Waals surface area contributed by atoms with Gasteiger partial charge in [-0.3, -0.25) is 0 Å². The molecule has 0 fully saturated rings. The summed E-state index contributed by atoms with van der Waals surface area (Å²) < 4.78 is 0. The van der Waals surface area contributed by atoms with Crippen molar-refractivity contribution in [2.45, 2.75) is 32.6 Å². The van der Waals surface area contributed by atoms with Gasteiger partial charge in [-0.1, -0.05) is 67.1 Å². The van der Waals surface area contributed by atoms with Gasteiger partial charge in [-0.2, -0.15) is 0 Å². The predicted molar refractivity (Wildman–Crippen MR) is 74.4 cm³/mol. The molecule has 0 N–H and O–H groups in total. The van der Waals surface area contributed by atoms with Gasteiger partial charge in [0, 0.05) is 0 Å². The van der Waals surface area contributed by atoms with Crippen LogP contribution >= 0.6 is 0 Å². The highest BCUT2D eigenvalue weighted by Crippen LogP contribution is 2.21. The van der Waals surface area contributed by atoms with Crippen molar-refractivity contribution < 1.29 is 0 Å². The molecule has 1 atom stereocenters. The molecule has 0 aliphatic heterocycles. The summed E-state index contributed by atoms with van der Waals surface area (Å²) in [7, 11) is 0. The Labute approximate surface area is 104 Å². The topological polar surface area (TPSA) is 0 Å². The third-order valence-electron chi connectivity index (χ3n) is 3.32. The van der Waals surface area contributed by atoms with Crippen molar-refractivity contribution in [3.05, 3.63) is 71.3 Å². The standard InChI is InChI=1S/C17H20/c1-14-7-6-10-17(13-14)15(2)11-12-16-8-4-3-5-9-16/h3-10,13,15H,11-12H2,1-2H3/t15-/m1/s1. The van der Waals surface area contributed by atoms with Crippen LogP contribution in [0.5, 0.6) is 0 Å². The van der Waals surface area contributed by atoms with E-state index < -0.39 is 0 Å². The van der Waals surface area contributed by atoms with Crippen molar-refractivity contribution in [3.63, 3.8) is 0 Å². The molecule has 2 rings (SSSR count). The Bertz CT molecular complexity index is 456. The molecule has 0 nitrogen and oxygen atoms in total. The molecule has 0 aliphatic carbocycles. The Kier molecular flexibility index (Phi) is 3.98. The van der Waals surface area contributed by atoms with Crippen LogP contribution in [-0.4, -0.2) is 0 Å². The van der Waals surface area contributed by atoms with Gasteiger partial charge in [-0.25, -0.2) is 0 Å². The zero-order chi connectivity index (χ0) is 12.1. The monoisotopic (exact) mass is 224 g/mol. The number of hydrogen-bond donors (Lipinski definition) is 0. The first kappa shape index (κ1) is 11.9. The summed E-state index contributed by atoms with van der Waals surface area (Å²) in [5, 5.41) is 0. The molecule has 0 aliphatic rings. The molecule has 0 saturated heterocycles. The lowest BCUT2D eigenvalue weighted by molar-refractivity contribution is 0.679. The third-order valence-corrected chi connectivity index (χ3v) is 3.32. The summed E-state index contributed by atoms with van der Waals surface area (Å²) in [5.41, 5.74) is 4.25. The zero-order valence-corrected chi connectivity index (χ0v) is 10.7.